The zero-order valence-corrected chi connectivity index (χ0v) is 22.0. The van der Waals surface area contributed by atoms with Crippen LogP contribution in [0, 0.1) is 6.92 Å². The summed E-state index contributed by atoms with van der Waals surface area (Å²) >= 11 is 0. The fraction of sp³-hybridized carbons (Fsp3) is 0.519. The number of aromatic nitrogens is 2. The molecule has 1 aliphatic heterocycles. The molecule has 9 heteroatoms. The van der Waals surface area contributed by atoms with Gasteiger partial charge in [0.2, 0.25) is 0 Å². The SMILES string of the molecule is C=N/C(=C\N=C(C)Nc1cc2c(cn1)c(C)c(C(C)=O)c(=O)n2C1CCCC1)N1CCNC(C)(C)C1. The van der Waals surface area contributed by atoms with Crippen molar-refractivity contribution in [1.29, 1.82) is 0 Å². The van der Waals surface area contributed by atoms with Crippen molar-refractivity contribution in [2.75, 3.05) is 25.0 Å². The van der Waals surface area contributed by atoms with Crippen molar-refractivity contribution in [1.82, 2.24) is 19.8 Å². The summed E-state index contributed by atoms with van der Waals surface area (Å²) in [4.78, 5) is 41.2. The molecule has 0 radical (unpaired) electrons. The van der Waals surface area contributed by atoms with Gasteiger partial charge in [0.05, 0.1) is 17.3 Å². The number of piperazine rings is 1. The van der Waals surface area contributed by atoms with Crippen LogP contribution in [0.4, 0.5) is 5.82 Å². The Balaban J connectivity index is 1.67. The number of carbonyl (C=O) groups is 1. The van der Waals surface area contributed by atoms with Gasteiger partial charge in [-0.25, -0.2) is 15.0 Å². The first-order chi connectivity index (χ1) is 17.1. The molecule has 0 unspecified atom stereocenters. The summed E-state index contributed by atoms with van der Waals surface area (Å²) < 4.78 is 1.82. The molecule has 2 N–H and O–H groups in total. The summed E-state index contributed by atoms with van der Waals surface area (Å²) in [6.45, 7) is 15.7. The number of anilines is 1. The Morgan fingerprint density at radius 1 is 1.31 bits per heavy atom. The second kappa shape index (κ2) is 10.3. The van der Waals surface area contributed by atoms with E-state index in [0.717, 1.165) is 62.0 Å². The van der Waals surface area contributed by atoms with Gasteiger partial charge in [0.1, 0.15) is 17.5 Å². The first kappa shape index (κ1) is 25.8. The molecule has 0 spiro atoms. The smallest absolute Gasteiger partial charge is 0.262 e. The van der Waals surface area contributed by atoms with Gasteiger partial charge in [-0.15, -0.1) is 0 Å². The summed E-state index contributed by atoms with van der Waals surface area (Å²) in [7, 11) is 0. The Bertz CT molecular complexity index is 1300. The number of nitrogens with one attached hydrogen (secondary N) is 2. The molecule has 36 heavy (non-hydrogen) atoms. The van der Waals surface area contributed by atoms with Crippen molar-refractivity contribution < 1.29 is 4.79 Å². The third-order valence-electron chi connectivity index (χ3n) is 7.14. The van der Waals surface area contributed by atoms with E-state index < -0.39 is 0 Å². The minimum absolute atomic E-state index is 0.0104. The predicted octanol–water partition coefficient (Wildman–Crippen LogP) is 4.04. The van der Waals surface area contributed by atoms with Crippen LogP contribution in [0.2, 0.25) is 0 Å². The molecule has 1 saturated heterocycles. The fourth-order valence-corrected chi connectivity index (χ4v) is 5.40. The Labute approximate surface area is 212 Å². The van der Waals surface area contributed by atoms with Gasteiger partial charge in [0.15, 0.2) is 5.78 Å². The Morgan fingerprint density at radius 2 is 2.03 bits per heavy atom. The van der Waals surface area contributed by atoms with Gasteiger partial charge >= 0.3 is 0 Å². The molecule has 4 rings (SSSR count). The maximum atomic E-state index is 13.4. The zero-order chi connectivity index (χ0) is 26.0. The highest BCUT2D eigenvalue weighted by atomic mass is 16.1. The second-order valence-corrected chi connectivity index (χ2v) is 10.5. The van der Waals surface area contributed by atoms with Crippen molar-refractivity contribution in [2.24, 2.45) is 9.98 Å². The number of amidine groups is 1. The molecule has 0 aromatic carbocycles. The molecule has 0 bridgehead atoms. The van der Waals surface area contributed by atoms with Crippen LogP contribution in [0.1, 0.15) is 75.3 Å². The molecule has 2 aromatic heterocycles. The molecule has 0 amide bonds. The molecule has 2 fully saturated rings. The predicted molar refractivity (Wildman–Crippen MR) is 146 cm³/mol. The van der Waals surface area contributed by atoms with Crippen molar-refractivity contribution >= 4 is 35.1 Å². The lowest BCUT2D eigenvalue weighted by atomic mass is 10.0. The normalized spacial score (nSPS) is 19.1. The average molecular weight is 492 g/mol. The van der Waals surface area contributed by atoms with Gasteiger partial charge in [-0.2, -0.15) is 0 Å². The van der Waals surface area contributed by atoms with Gasteiger partial charge in [-0.05, 0) is 59.7 Å². The number of ketones is 1. The summed E-state index contributed by atoms with van der Waals surface area (Å²) in [6.07, 6.45) is 7.50. The quantitative estimate of drug-likeness (QED) is 0.359. The third kappa shape index (κ3) is 5.26. The zero-order valence-electron chi connectivity index (χ0n) is 22.0. The molecule has 2 aromatic rings. The number of pyridine rings is 2. The average Bonchev–Trinajstić information content (AvgIpc) is 3.33. The Morgan fingerprint density at radius 3 is 2.67 bits per heavy atom. The van der Waals surface area contributed by atoms with Crippen molar-refractivity contribution in [3.05, 3.63) is 45.8 Å². The van der Waals surface area contributed by atoms with Gasteiger partial charge in [0, 0.05) is 48.9 Å². The van der Waals surface area contributed by atoms with Gasteiger partial charge in [0.25, 0.3) is 5.56 Å². The lowest BCUT2D eigenvalue weighted by Gasteiger charge is -2.40. The number of carbonyl (C=O) groups excluding carboxylic acids is 1. The number of hydrogen-bond donors (Lipinski definition) is 2. The van der Waals surface area contributed by atoms with Crippen LogP contribution in [0.5, 0.6) is 0 Å². The molecular formula is C27H37N7O2. The van der Waals surface area contributed by atoms with Crippen LogP contribution in [0.3, 0.4) is 0 Å². The summed E-state index contributed by atoms with van der Waals surface area (Å²) in [5.41, 5.74) is 1.53. The van der Waals surface area contributed by atoms with E-state index in [1.807, 2.05) is 24.5 Å². The van der Waals surface area contributed by atoms with E-state index in [9.17, 15) is 9.59 Å². The van der Waals surface area contributed by atoms with Gasteiger partial charge in [-0.1, -0.05) is 12.8 Å². The summed E-state index contributed by atoms with van der Waals surface area (Å²) in [5.74, 6) is 1.75. The van der Waals surface area contributed by atoms with E-state index in [2.05, 4.69) is 51.1 Å². The molecule has 192 valence electrons. The number of aliphatic imine (C=N–C) groups is 2. The summed E-state index contributed by atoms with van der Waals surface area (Å²) in [6, 6.07) is 1.98. The number of hydrogen-bond acceptors (Lipinski definition) is 7. The molecule has 9 nitrogen and oxygen atoms in total. The van der Waals surface area contributed by atoms with Gasteiger partial charge < -0.3 is 20.1 Å². The molecule has 1 aliphatic carbocycles. The van der Waals surface area contributed by atoms with Crippen LogP contribution in [-0.2, 0) is 0 Å². The van der Waals surface area contributed by atoms with E-state index in [1.54, 1.807) is 12.4 Å². The minimum Gasteiger partial charge on any atom is -0.352 e. The maximum Gasteiger partial charge on any atom is 0.262 e. The lowest BCUT2D eigenvalue weighted by Crippen LogP contribution is -2.56. The highest BCUT2D eigenvalue weighted by Crippen LogP contribution is 2.32. The minimum atomic E-state index is -0.206. The van der Waals surface area contributed by atoms with E-state index in [1.165, 1.54) is 6.92 Å². The Kier molecular flexibility index (Phi) is 7.40. The number of rotatable bonds is 6. The van der Waals surface area contributed by atoms with Crippen LogP contribution < -0.4 is 16.2 Å². The first-order valence-corrected chi connectivity index (χ1v) is 12.7. The van der Waals surface area contributed by atoms with Crippen LogP contribution in [0.15, 0.2) is 39.1 Å². The molecule has 2 aliphatic rings. The number of aryl methyl sites for hydroxylation is 1. The van der Waals surface area contributed by atoms with Crippen molar-refractivity contribution in [3.63, 3.8) is 0 Å². The van der Waals surface area contributed by atoms with Crippen LogP contribution >= 0.6 is 0 Å². The highest BCUT2D eigenvalue weighted by molar-refractivity contribution is 6.01. The third-order valence-corrected chi connectivity index (χ3v) is 7.14. The van der Waals surface area contributed by atoms with Crippen LogP contribution in [-0.4, -0.2) is 58.0 Å². The lowest BCUT2D eigenvalue weighted by molar-refractivity contribution is 0.101. The standard InChI is InChI=1S/C27H37N7O2/c1-17-21-14-30-23(13-22(21)34(20-9-7-8-10-20)26(36)25(17)18(2)35)32-19(3)29-15-24(28-6)33-12-11-31-27(4,5)16-33/h13-15,20,31H,6-12,16H2,1-5H3,(H,29,30,32)/b24-15+. The second-order valence-electron chi connectivity index (χ2n) is 10.5. The fourth-order valence-electron chi connectivity index (χ4n) is 5.40. The van der Waals surface area contributed by atoms with E-state index >= 15 is 0 Å². The number of nitrogens with zero attached hydrogens (tertiary/aromatic N) is 5. The van der Waals surface area contributed by atoms with E-state index in [4.69, 9.17) is 0 Å². The summed E-state index contributed by atoms with van der Waals surface area (Å²) in [5, 5.41) is 7.56. The molecule has 3 heterocycles. The Hall–Kier alpha value is -3.33. The topological polar surface area (TPSA) is 104 Å². The monoisotopic (exact) mass is 491 g/mol. The van der Waals surface area contributed by atoms with Gasteiger partial charge in [-0.3, -0.25) is 9.59 Å². The molecule has 0 atom stereocenters. The maximum absolute atomic E-state index is 13.4. The van der Waals surface area contributed by atoms with Crippen LogP contribution in [0.25, 0.3) is 10.9 Å². The van der Waals surface area contributed by atoms with E-state index in [-0.39, 0.29) is 28.5 Å². The van der Waals surface area contributed by atoms with E-state index in [0.29, 0.717) is 17.2 Å². The molecule has 1 saturated carbocycles. The largest absolute Gasteiger partial charge is 0.352 e. The molecular weight excluding hydrogens is 454 g/mol. The highest BCUT2D eigenvalue weighted by Gasteiger charge is 2.27. The first-order valence-electron chi connectivity index (χ1n) is 12.7. The van der Waals surface area contributed by atoms with Crippen molar-refractivity contribution in [3.8, 4) is 0 Å². The number of fused-ring (bicyclic) bond motifs is 1. The van der Waals surface area contributed by atoms with Crippen molar-refractivity contribution in [2.45, 2.75) is 71.9 Å². The number of Topliss-reactive ketones (excluding diaryl/α,β-unsaturated/α-hetero) is 1.